The molecule has 0 radical (unpaired) electrons. The Morgan fingerprint density at radius 1 is 1.47 bits per heavy atom. The van der Waals surface area contributed by atoms with Gasteiger partial charge in [0.15, 0.2) is 5.69 Å². The molecule has 0 amide bonds. The highest BCUT2D eigenvalue weighted by Crippen LogP contribution is 2.20. The largest absolute Gasteiger partial charge is 0.391 e. The first-order valence-corrected chi connectivity index (χ1v) is 6.30. The van der Waals surface area contributed by atoms with Crippen LogP contribution in [0, 0.1) is 11.3 Å². The number of imidazole rings is 1. The summed E-state index contributed by atoms with van der Waals surface area (Å²) in [7, 11) is 0. The van der Waals surface area contributed by atoms with E-state index >= 15 is 0 Å². The number of aliphatic hydroxyl groups excluding tert-OH is 1. The number of rotatable bonds is 7. The third-order valence-corrected chi connectivity index (χ3v) is 3.01. The van der Waals surface area contributed by atoms with E-state index in [0.717, 1.165) is 12.8 Å². The minimum absolute atomic E-state index is 0.0291. The van der Waals surface area contributed by atoms with Gasteiger partial charge in [0.25, 0.3) is 0 Å². The van der Waals surface area contributed by atoms with E-state index in [0.29, 0.717) is 5.69 Å². The third kappa shape index (κ3) is 4.20. The first-order chi connectivity index (χ1) is 8.19. The van der Waals surface area contributed by atoms with Crippen molar-refractivity contribution in [2.24, 2.45) is 0 Å². The van der Waals surface area contributed by atoms with E-state index in [1.807, 2.05) is 10.6 Å². The summed E-state index contributed by atoms with van der Waals surface area (Å²) in [5.41, 5.74) is 0.407. The number of nitrogens with zero attached hydrogens (tertiary/aromatic N) is 3. The van der Waals surface area contributed by atoms with Crippen LogP contribution in [-0.4, -0.2) is 20.8 Å². The average molecular weight is 235 g/mol. The molecule has 0 aliphatic rings. The SMILES string of the molecule is CCCCCCC(C(C)O)n1cnc(C#N)c1. The Hall–Kier alpha value is -1.34. The van der Waals surface area contributed by atoms with Crippen LogP contribution in [0.1, 0.15) is 57.7 Å². The van der Waals surface area contributed by atoms with E-state index in [2.05, 4.69) is 11.9 Å². The number of aliphatic hydroxyl groups is 1. The zero-order valence-electron chi connectivity index (χ0n) is 10.6. The van der Waals surface area contributed by atoms with Crippen molar-refractivity contribution in [2.45, 2.75) is 58.1 Å². The summed E-state index contributed by atoms with van der Waals surface area (Å²) < 4.78 is 1.86. The lowest BCUT2D eigenvalue weighted by Gasteiger charge is -2.21. The minimum atomic E-state index is -0.419. The Kier molecular flexibility index (Phi) is 5.71. The average Bonchev–Trinajstić information content (AvgIpc) is 2.77. The Morgan fingerprint density at radius 2 is 2.24 bits per heavy atom. The molecule has 2 atom stereocenters. The molecule has 17 heavy (non-hydrogen) atoms. The summed E-state index contributed by atoms with van der Waals surface area (Å²) in [5.74, 6) is 0. The second kappa shape index (κ2) is 7.08. The molecule has 1 N–H and O–H groups in total. The van der Waals surface area contributed by atoms with Crippen molar-refractivity contribution in [3.63, 3.8) is 0 Å². The first kappa shape index (κ1) is 13.7. The number of hydrogen-bond acceptors (Lipinski definition) is 3. The Bertz CT molecular complexity index is 365. The highest BCUT2D eigenvalue weighted by molar-refractivity contribution is 5.16. The fourth-order valence-corrected chi connectivity index (χ4v) is 2.00. The molecule has 1 aromatic rings. The molecule has 0 fully saturated rings. The predicted octanol–water partition coefficient (Wildman–Crippen LogP) is 2.65. The van der Waals surface area contributed by atoms with Gasteiger partial charge >= 0.3 is 0 Å². The fourth-order valence-electron chi connectivity index (χ4n) is 2.00. The first-order valence-electron chi connectivity index (χ1n) is 6.30. The Labute approximate surface area is 103 Å². The molecule has 0 aliphatic heterocycles. The maximum Gasteiger partial charge on any atom is 0.158 e. The van der Waals surface area contributed by atoms with E-state index in [-0.39, 0.29) is 6.04 Å². The van der Waals surface area contributed by atoms with Crippen LogP contribution in [0.25, 0.3) is 0 Å². The van der Waals surface area contributed by atoms with Crippen LogP contribution >= 0.6 is 0 Å². The molecule has 94 valence electrons. The van der Waals surface area contributed by atoms with Crippen LogP contribution in [0.4, 0.5) is 0 Å². The zero-order valence-corrected chi connectivity index (χ0v) is 10.6. The van der Waals surface area contributed by atoms with Gasteiger partial charge in [-0.3, -0.25) is 0 Å². The highest BCUT2D eigenvalue weighted by Gasteiger charge is 2.16. The van der Waals surface area contributed by atoms with Crippen molar-refractivity contribution >= 4 is 0 Å². The number of hydrogen-bond donors (Lipinski definition) is 1. The van der Waals surface area contributed by atoms with E-state index in [9.17, 15) is 5.11 Å². The second-order valence-corrected chi connectivity index (χ2v) is 4.48. The van der Waals surface area contributed by atoms with Gasteiger partial charge in [-0.2, -0.15) is 5.26 Å². The minimum Gasteiger partial charge on any atom is -0.391 e. The number of unbranched alkanes of at least 4 members (excludes halogenated alkanes) is 3. The molecule has 0 aliphatic carbocycles. The monoisotopic (exact) mass is 235 g/mol. The normalized spacial score (nSPS) is 14.2. The topological polar surface area (TPSA) is 61.8 Å². The van der Waals surface area contributed by atoms with Crippen LogP contribution in [-0.2, 0) is 0 Å². The van der Waals surface area contributed by atoms with Gasteiger partial charge in [-0.25, -0.2) is 4.98 Å². The van der Waals surface area contributed by atoms with E-state index < -0.39 is 6.10 Å². The van der Waals surface area contributed by atoms with Gasteiger partial charge in [-0.1, -0.05) is 32.6 Å². The molecule has 1 heterocycles. The molecule has 1 aromatic heterocycles. The number of aromatic nitrogens is 2. The summed E-state index contributed by atoms with van der Waals surface area (Å²) in [5, 5.41) is 18.5. The van der Waals surface area contributed by atoms with Gasteiger partial charge in [0, 0.05) is 6.20 Å². The number of nitriles is 1. The molecule has 1 rings (SSSR count). The van der Waals surface area contributed by atoms with Crippen LogP contribution in [0.15, 0.2) is 12.5 Å². The Balaban J connectivity index is 2.57. The van der Waals surface area contributed by atoms with Crippen molar-refractivity contribution in [1.29, 1.82) is 5.26 Å². The maximum absolute atomic E-state index is 9.77. The lowest BCUT2D eigenvalue weighted by atomic mass is 10.0. The standard InChI is InChI=1S/C13H21N3O/c1-3-4-5-6-7-13(11(2)17)16-9-12(8-14)15-10-16/h9-11,13,17H,3-7H2,1-2H3. The van der Waals surface area contributed by atoms with Crippen LogP contribution < -0.4 is 0 Å². The predicted molar refractivity (Wildman–Crippen MR) is 66.4 cm³/mol. The van der Waals surface area contributed by atoms with Crippen molar-refractivity contribution in [3.05, 3.63) is 18.2 Å². The van der Waals surface area contributed by atoms with Crippen molar-refractivity contribution in [3.8, 4) is 6.07 Å². The third-order valence-electron chi connectivity index (χ3n) is 3.01. The summed E-state index contributed by atoms with van der Waals surface area (Å²) in [4.78, 5) is 3.97. The molecule has 2 unspecified atom stereocenters. The zero-order chi connectivity index (χ0) is 12.7. The van der Waals surface area contributed by atoms with Gasteiger partial charge in [0.1, 0.15) is 6.07 Å². The fraction of sp³-hybridized carbons (Fsp3) is 0.692. The lowest BCUT2D eigenvalue weighted by molar-refractivity contribution is 0.122. The molecule has 0 saturated heterocycles. The van der Waals surface area contributed by atoms with Crippen molar-refractivity contribution in [2.75, 3.05) is 0 Å². The van der Waals surface area contributed by atoms with Crippen LogP contribution in [0.3, 0.4) is 0 Å². The van der Waals surface area contributed by atoms with E-state index in [4.69, 9.17) is 5.26 Å². The van der Waals surface area contributed by atoms with Gasteiger partial charge in [-0.15, -0.1) is 0 Å². The van der Waals surface area contributed by atoms with Gasteiger partial charge in [0.2, 0.25) is 0 Å². The molecule has 4 heteroatoms. The molecule has 0 bridgehead atoms. The summed E-state index contributed by atoms with van der Waals surface area (Å²) in [6.07, 6.45) is 8.59. The molecular weight excluding hydrogens is 214 g/mol. The van der Waals surface area contributed by atoms with Gasteiger partial charge in [-0.05, 0) is 13.3 Å². The van der Waals surface area contributed by atoms with Gasteiger partial charge in [0.05, 0.1) is 18.5 Å². The van der Waals surface area contributed by atoms with Crippen LogP contribution in [0.5, 0.6) is 0 Å². The molecule has 4 nitrogen and oxygen atoms in total. The lowest BCUT2D eigenvalue weighted by Crippen LogP contribution is -2.20. The summed E-state index contributed by atoms with van der Waals surface area (Å²) in [6, 6.07) is 2.03. The molecular formula is C13H21N3O. The quantitative estimate of drug-likeness (QED) is 0.739. The second-order valence-electron chi connectivity index (χ2n) is 4.48. The van der Waals surface area contributed by atoms with Crippen molar-refractivity contribution < 1.29 is 5.11 Å². The molecule has 0 saturated carbocycles. The highest BCUT2D eigenvalue weighted by atomic mass is 16.3. The molecule has 0 aromatic carbocycles. The maximum atomic E-state index is 9.77. The van der Waals surface area contributed by atoms with E-state index in [1.54, 1.807) is 19.4 Å². The van der Waals surface area contributed by atoms with E-state index in [1.165, 1.54) is 19.3 Å². The Morgan fingerprint density at radius 3 is 2.76 bits per heavy atom. The summed E-state index contributed by atoms with van der Waals surface area (Å²) in [6.45, 7) is 3.97. The smallest absolute Gasteiger partial charge is 0.158 e. The van der Waals surface area contributed by atoms with Gasteiger partial charge < -0.3 is 9.67 Å². The van der Waals surface area contributed by atoms with Crippen LogP contribution in [0.2, 0.25) is 0 Å². The summed E-state index contributed by atoms with van der Waals surface area (Å²) >= 11 is 0. The van der Waals surface area contributed by atoms with Crippen molar-refractivity contribution in [1.82, 2.24) is 9.55 Å². The molecule has 0 spiro atoms.